The third kappa shape index (κ3) is 4.09. The summed E-state index contributed by atoms with van der Waals surface area (Å²) in [5.74, 6) is -0.114. The van der Waals surface area contributed by atoms with Gasteiger partial charge in [0.05, 0.1) is 11.6 Å². The van der Waals surface area contributed by atoms with Gasteiger partial charge in [-0.25, -0.2) is 4.79 Å². The number of aliphatic hydroxyl groups excluding tert-OH is 1. The van der Waals surface area contributed by atoms with Gasteiger partial charge in [0, 0.05) is 13.1 Å². The molecule has 116 valence electrons. The first kappa shape index (κ1) is 16.1. The molecule has 6 heteroatoms. The van der Waals surface area contributed by atoms with Crippen LogP contribution < -0.4 is 4.74 Å². The average Bonchev–Trinajstić information content (AvgIpc) is 2.86. The molecular weight excluding hydrogens is 294 g/mol. The number of ether oxygens (including phenoxy) is 2. The molecule has 5 nitrogen and oxygen atoms in total. The van der Waals surface area contributed by atoms with E-state index >= 15 is 0 Å². The lowest BCUT2D eigenvalue weighted by Gasteiger charge is -2.16. The molecular formula is C15H20ClNO4. The molecule has 0 radical (unpaired) electrons. The predicted molar refractivity (Wildman–Crippen MR) is 79.6 cm³/mol. The Morgan fingerprint density at radius 3 is 2.90 bits per heavy atom. The maximum absolute atomic E-state index is 11.5. The van der Waals surface area contributed by atoms with E-state index in [9.17, 15) is 9.90 Å². The van der Waals surface area contributed by atoms with Gasteiger partial charge >= 0.3 is 5.97 Å². The molecule has 21 heavy (non-hydrogen) atoms. The van der Waals surface area contributed by atoms with E-state index in [-0.39, 0.29) is 12.7 Å². The van der Waals surface area contributed by atoms with Gasteiger partial charge in [-0.3, -0.25) is 0 Å². The topological polar surface area (TPSA) is 59.0 Å². The molecule has 1 N–H and O–H groups in total. The first-order chi connectivity index (χ1) is 10.0. The Hall–Kier alpha value is -1.30. The monoisotopic (exact) mass is 313 g/mol. The van der Waals surface area contributed by atoms with Gasteiger partial charge in [-0.2, -0.15) is 0 Å². The zero-order valence-corrected chi connectivity index (χ0v) is 13.0. The lowest BCUT2D eigenvalue weighted by atomic mass is 10.1. The molecule has 2 rings (SSSR count). The molecule has 1 aliphatic rings. The number of likely N-dealkylation sites (tertiary alicyclic amines) is 1. The number of aliphatic hydroxyl groups is 1. The molecule has 1 aliphatic heterocycles. The van der Waals surface area contributed by atoms with Crippen molar-refractivity contribution in [1.29, 1.82) is 0 Å². The first-order valence-corrected chi connectivity index (χ1v) is 7.38. The number of hydrogen-bond acceptors (Lipinski definition) is 5. The molecule has 1 heterocycles. The van der Waals surface area contributed by atoms with Crippen LogP contribution in [0.15, 0.2) is 18.2 Å². The highest BCUT2D eigenvalue weighted by Gasteiger charge is 2.23. The summed E-state index contributed by atoms with van der Waals surface area (Å²) in [4.78, 5) is 13.7. The van der Waals surface area contributed by atoms with Crippen LogP contribution in [0.2, 0.25) is 5.02 Å². The van der Waals surface area contributed by atoms with E-state index < -0.39 is 12.1 Å². The molecule has 0 aromatic heterocycles. The number of halogens is 1. The van der Waals surface area contributed by atoms with E-state index in [0.29, 0.717) is 16.3 Å². The van der Waals surface area contributed by atoms with Crippen LogP contribution in [-0.2, 0) is 9.53 Å². The van der Waals surface area contributed by atoms with Crippen LogP contribution in [0.25, 0.3) is 0 Å². The summed E-state index contributed by atoms with van der Waals surface area (Å²) in [5, 5.41) is 10.3. The Bertz CT molecular complexity index is 508. The molecule has 0 spiro atoms. The summed E-state index contributed by atoms with van der Waals surface area (Å²) in [6.07, 6.45) is -0.248. The van der Waals surface area contributed by atoms with Crippen LogP contribution >= 0.6 is 11.6 Å². The van der Waals surface area contributed by atoms with Crippen LogP contribution in [0.1, 0.15) is 25.0 Å². The summed E-state index contributed by atoms with van der Waals surface area (Å²) in [6, 6.07) is 4.84. The fourth-order valence-electron chi connectivity index (χ4n) is 2.31. The molecule has 1 aromatic carbocycles. The Kier molecular flexibility index (Phi) is 5.45. The number of benzene rings is 1. The largest absolute Gasteiger partial charge is 0.487 e. The fraction of sp³-hybridized carbons (Fsp3) is 0.533. The molecule has 1 aromatic rings. The molecule has 1 saturated heterocycles. The minimum Gasteiger partial charge on any atom is -0.487 e. The van der Waals surface area contributed by atoms with Crippen molar-refractivity contribution in [3.63, 3.8) is 0 Å². The smallest absolute Gasteiger partial charge is 0.339 e. The quantitative estimate of drug-likeness (QED) is 0.843. The van der Waals surface area contributed by atoms with Gasteiger partial charge in [0.2, 0.25) is 0 Å². The highest BCUT2D eigenvalue weighted by molar-refractivity contribution is 6.32. The molecule has 0 saturated carbocycles. The second-order valence-electron chi connectivity index (χ2n) is 5.14. The van der Waals surface area contributed by atoms with Crippen LogP contribution in [0.5, 0.6) is 5.75 Å². The van der Waals surface area contributed by atoms with Crippen molar-refractivity contribution in [2.45, 2.75) is 25.6 Å². The third-order valence-corrected chi connectivity index (χ3v) is 3.72. The Morgan fingerprint density at radius 1 is 1.57 bits per heavy atom. The van der Waals surface area contributed by atoms with Crippen molar-refractivity contribution in [2.75, 3.05) is 26.7 Å². The highest BCUT2D eigenvalue weighted by Crippen LogP contribution is 2.30. The van der Waals surface area contributed by atoms with Gasteiger partial charge in [-0.1, -0.05) is 17.7 Å². The minimum atomic E-state index is -1.32. The van der Waals surface area contributed by atoms with Gasteiger partial charge in [0.1, 0.15) is 11.9 Å². The number of nitrogens with zero attached hydrogens (tertiary/aromatic N) is 1. The van der Waals surface area contributed by atoms with Gasteiger partial charge in [0.15, 0.2) is 6.10 Å². The normalized spacial score (nSPS) is 20.3. The maximum Gasteiger partial charge on any atom is 0.339 e. The summed E-state index contributed by atoms with van der Waals surface area (Å²) in [5.41, 5.74) is 0.398. The van der Waals surface area contributed by atoms with Crippen LogP contribution in [0.3, 0.4) is 0 Å². The van der Waals surface area contributed by atoms with Crippen LogP contribution in [0.4, 0.5) is 0 Å². The molecule has 2 atom stereocenters. The van der Waals surface area contributed by atoms with Gasteiger partial charge in [-0.05, 0) is 38.1 Å². The third-order valence-electron chi connectivity index (χ3n) is 3.42. The number of carbonyl (C=O) groups is 1. The lowest BCUT2D eigenvalue weighted by Crippen LogP contribution is -2.21. The summed E-state index contributed by atoms with van der Waals surface area (Å²) in [6.45, 7) is 3.78. The Balaban J connectivity index is 2.05. The van der Waals surface area contributed by atoms with Crippen LogP contribution in [0, 0.1) is 0 Å². The number of likely N-dealkylation sites (N-methyl/N-ethyl adjacent to an activating group) is 1. The second-order valence-corrected chi connectivity index (χ2v) is 5.54. The lowest BCUT2D eigenvalue weighted by molar-refractivity contribution is -0.153. The first-order valence-electron chi connectivity index (χ1n) is 7.00. The Morgan fingerprint density at radius 2 is 2.33 bits per heavy atom. The van der Waals surface area contributed by atoms with Crippen molar-refractivity contribution in [1.82, 2.24) is 4.90 Å². The van der Waals surface area contributed by atoms with E-state index in [4.69, 9.17) is 21.1 Å². The Labute approximate surface area is 129 Å². The number of esters is 1. The summed E-state index contributed by atoms with van der Waals surface area (Å²) in [7, 11) is 2.05. The SMILES string of the molecule is CCOC(=O)C(O)c1ccc(OC2CCN(C)C2)c(Cl)c1. The molecule has 0 aliphatic carbocycles. The van der Waals surface area contributed by atoms with Crippen molar-refractivity contribution < 1.29 is 19.4 Å². The molecule has 0 bridgehead atoms. The van der Waals surface area contributed by atoms with Crippen molar-refractivity contribution >= 4 is 17.6 Å². The minimum absolute atomic E-state index is 0.119. The van der Waals surface area contributed by atoms with Gasteiger partial charge < -0.3 is 19.5 Å². The van der Waals surface area contributed by atoms with Gasteiger partial charge in [-0.15, -0.1) is 0 Å². The maximum atomic E-state index is 11.5. The average molecular weight is 314 g/mol. The highest BCUT2D eigenvalue weighted by atomic mass is 35.5. The standard InChI is InChI=1S/C15H20ClNO4/c1-3-20-15(19)14(18)10-4-5-13(12(16)8-10)21-11-6-7-17(2)9-11/h4-5,8,11,14,18H,3,6-7,9H2,1-2H3. The summed E-state index contributed by atoms with van der Waals surface area (Å²) >= 11 is 6.17. The number of rotatable bonds is 5. The van der Waals surface area contributed by atoms with Crippen molar-refractivity contribution in [3.8, 4) is 5.75 Å². The van der Waals surface area contributed by atoms with E-state index in [1.54, 1.807) is 19.1 Å². The van der Waals surface area contributed by atoms with Crippen LogP contribution in [-0.4, -0.2) is 48.8 Å². The van der Waals surface area contributed by atoms with E-state index in [2.05, 4.69) is 4.90 Å². The zero-order chi connectivity index (χ0) is 15.4. The van der Waals surface area contributed by atoms with E-state index in [1.807, 2.05) is 7.05 Å². The number of carbonyl (C=O) groups excluding carboxylic acids is 1. The molecule has 0 amide bonds. The zero-order valence-electron chi connectivity index (χ0n) is 12.2. The van der Waals surface area contributed by atoms with E-state index in [0.717, 1.165) is 19.5 Å². The van der Waals surface area contributed by atoms with E-state index in [1.165, 1.54) is 6.07 Å². The predicted octanol–water partition coefficient (Wildman–Crippen LogP) is 2.02. The fourth-order valence-corrected chi connectivity index (χ4v) is 2.54. The molecule has 1 fully saturated rings. The van der Waals surface area contributed by atoms with Crippen molar-refractivity contribution in [3.05, 3.63) is 28.8 Å². The van der Waals surface area contributed by atoms with Crippen molar-refractivity contribution in [2.24, 2.45) is 0 Å². The van der Waals surface area contributed by atoms with Gasteiger partial charge in [0.25, 0.3) is 0 Å². The second kappa shape index (κ2) is 7.11. The number of hydrogen-bond donors (Lipinski definition) is 1. The molecule has 2 unspecified atom stereocenters. The summed E-state index contributed by atoms with van der Waals surface area (Å²) < 4.78 is 10.6.